The monoisotopic (exact) mass is 608 g/mol. The Morgan fingerprint density at radius 3 is 2.09 bits per heavy atom. The number of hydrogen-bond acceptors (Lipinski definition) is 13. The van der Waals surface area contributed by atoms with E-state index in [9.17, 15) is 5.11 Å². The molecule has 222 valence electrons. The minimum atomic E-state index is -0.121. The van der Waals surface area contributed by atoms with Gasteiger partial charge in [-0.3, -0.25) is 0 Å². The number of nitrogens with one attached hydrogen (secondary N) is 4. The number of benzene rings is 3. The Labute approximate surface area is 257 Å². The molecule has 3 aromatic carbocycles. The molecule has 3 heterocycles. The molecule has 0 fully saturated rings. The van der Waals surface area contributed by atoms with Crippen LogP contribution in [0.15, 0.2) is 83.9 Å². The maximum Gasteiger partial charge on any atom is 0.233 e. The van der Waals surface area contributed by atoms with Crippen molar-refractivity contribution in [2.24, 2.45) is 4.99 Å². The van der Waals surface area contributed by atoms with E-state index in [1.165, 1.54) is 0 Å². The largest absolute Gasteiger partial charge is 0.395 e. The van der Waals surface area contributed by atoms with Gasteiger partial charge >= 0.3 is 0 Å². The summed E-state index contributed by atoms with van der Waals surface area (Å²) in [4.78, 5) is 26.7. The van der Waals surface area contributed by atoms with Crippen LogP contribution in [0.5, 0.6) is 0 Å². The molecule has 13 nitrogen and oxygen atoms in total. The van der Waals surface area contributed by atoms with Gasteiger partial charge in [0.15, 0.2) is 11.6 Å². The standard InChI is InChI=1S/C30H29ClN12O/c31-19-8-12-21(13-9-19)36-30-42-28(34-14-15-44)41-29(43-30)35-20-10-6-18(7-11-20)22-16-23(17-4-2-1-3-5-17)38-26-24(37-22)25(32)39-27(33)40-26/h1-13,23,44H,14-16H2,(H5,32,33,38,39,40)(H3,34,35,36,41,42,43). The van der Waals surface area contributed by atoms with Crippen LogP contribution in [0.3, 0.4) is 0 Å². The molecule has 0 amide bonds. The van der Waals surface area contributed by atoms with Gasteiger partial charge in [-0.25, -0.2) is 4.99 Å². The van der Waals surface area contributed by atoms with Crippen molar-refractivity contribution in [3.8, 4) is 0 Å². The van der Waals surface area contributed by atoms with E-state index in [1.807, 2.05) is 54.6 Å². The molecule has 1 atom stereocenters. The van der Waals surface area contributed by atoms with E-state index < -0.39 is 0 Å². The zero-order valence-corrected chi connectivity index (χ0v) is 24.1. The summed E-state index contributed by atoms with van der Waals surface area (Å²) in [5.41, 5.74) is 16.8. The number of anilines is 8. The number of aliphatic hydroxyl groups excluding tert-OH is 1. The molecule has 0 radical (unpaired) electrons. The first kappa shape index (κ1) is 28.6. The van der Waals surface area contributed by atoms with Gasteiger partial charge in [0.25, 0.3) is 0 Å². The fraction of sp³-hybridized carbons (Fsp3) is 0.133. The third-order valence-electron chi connectivity index (χ3n) is 6.69. The molecule has 2 aromatic heterocycles. The van der Waals surface area contributed by atoms with Crippen LogP contribution in [0.4, 0.5) is 52.5 Å². The van der Waals surface area contributed by atoms with Crippen LogP contribution < -0.4 is 32.7 Å². The highest BCUT2D eigenvalue weighted by Gasteiger charge is 2.24. The summed E-state index contributed by atoms with van der Waals surface area (Å²) in [6.45, 7) is 0.209. The van der Waals surface area contributed by atoms with Crippen molar-refractivity contribution < 1.29 is 5.11 Å². The van der Waals surface area contributed by atoms with Crippen LogP contribution in [0.25, 0.3) is 0 Å². The summed E-state index contributed by atoms with van der Waals surface area (Å²) >= 11 is 6.01. The number of halogens is 1. The summed E-state index contributed by atoms with van der Waals surface area (Å²) in [6.07, 6.45) is 0.569. The lowest BCUT2D eigenvalue weighted by Gasteiger charge is -2.19. The molecule has 1 unspecified atom stereocenters. The Hall–Kier alpha value is -5.53. The van der Waals surface area contributed by atoms with Crippen molar-refractivity contribution in [1.82, 2.24) is 24.9 Å². The Balaban J connectivity index is 1.27. The van der Waals surface area contributed by atoms with Crippen LogP contribution in [0.1, 0.15) is 23.6 Å². The minimum Gasteiger partial charge on any atom is -0.395 e. The Morgan fingerprint density at radius 2 is 1.43 bits per heavy atom. The summed E-state index contributed by atoms with van der Waals surface area (Å²) in [5, 5.41) is 22.7. The Kier molecular flexibility index (Phi) is 8.30. The van der Waals surface area contributed by atoms with Crippen molar-refractivity contribution in [2.45, 2.75) is 12.5 Å². The van der Waals surface area contributed by atoms with Crippen LogP contribution in [0, 0.1) is 0 Å². The van der Waals surface area contributed by atoms with Crippen molar-refractivity contribution >= 4 is 69.8 Å². The van der Waals surface area contributed by atoms with Crippen molar-refractivity contribution in [2.75, 3.05) is 45.9 Å². The zero-order chi connectivity index (χ0) is 30.5. The number of aliphatic imine (C=N–C) groups is 1. The van der Waals surface area contributed by atoms with Crippen molar-refractivity contribution in [1.29, 1.82) is 0 Å². The number of aliphatic hydroxyl groups is 1. The van der Waals surface area contributed by atoms with Gasteiger partial charge < -0.3 is 37.8 Å². The van der Waals surface area contributed by atoms with E-state index in [1.54, 1.807) is 12.1 Å². The van der Waals surface area contributed by atoms with Gasteiger partial charge in [0.2, 0.25) is 23.8 Å². The van der Waals surface area contributed by atoms with E-state index in [2.05, 4.69) is 58.3 Å². The third-order valence-corrected chi connectivity index (χ3v) is 6.94. The molecule has 0 saturated heterocycles. The third kappa shape index (κ3) is 6.75. The highest BCUT2D eigenvalue weighted by molar-refractivity contribution is 6.30. The maximum absolute atomic E-state index is 9.27. The summed E-state index contributed by atoms with van der Waals surface area (Å²) in [6, 6.07) is 24.9. The molecule has 0 bridgehead atoms. The quantitative estimate of drug-likeness (QED) is 0.118. The molecule has 0 aliphatic carbocycles. The first-order valence-electron chi connectivity index (χ1n) is 13.8. The molecule has 1 aliphatic rings. The average molecular weight is 609 g/mol. The first-order valence-corrected chi connectivity index (χ1v) is 14.1. The average Bonchev–Trinajstić information content (AvgIpc) is 3.22. The molecular formula is C30H29ClN12O. The molecule has 0 saturated carbocycles. The van der Waals surface area contributed by atoms with Crippen molar-refractivity contribution in [3.05, 3.63) is 95.0 Å². The van der Waals surface area contributed by atoms with Crippen LogP contribution >= 0.6 is 11.6 Å². The molecule has 0 spiro atoms. The summed E-state index contributed by atoms with van der Waals surface area (Å²) in [7, 11) is 0. The van der Waals surface area contributed by atoms with Gasteiger partial charge in [-0.1, -0.05) is 54.1 Å². The van der Waals surface area contributed by atoms with Gasteiger partial charge in [0.1, 0.15) is 5.69 Å². The molecular weight excluding hydrogens is 580 g/mol. The van der Waals surface area contributed by atoms with E-state index in [4.69, 9.17) is 28.1 Å². The topological polar surface area (TPSA) is 197 Å². The predicted octanol–water partition coefficient (Wildman–Crippen LogP) is 5.05. The normalized spacial score (nSPS) is 14.0. The molecule has 5 aromatic rings. The van der Waals surface area contributed by atoms with Crippen LogP contribution in [0.2, 0.25) is 5.02 Å². The molecule has 44 heavy (non-hydrogen) atoms. The van der Waals surface area contributed by atoms with E-state index in [-0.39, 0.29) is 31.0 Å². The second-order valence-electron chi connectivity index (χ2n) is 9.83. The van der Waals surface area contributed by atoms with Gasteiger partial charge in [-0.15, -0.1) is 0 Å². The number of nitrogens with zero attached hydrogens (tertiary/aromatic N) is 6. The first-order chi connectivity index (χ1) is 21.4. The van der Waals surface area contributed by atoms with Gasteiger partial charge in [-0.2, -0.15) is 24.9 Å². The molecule has 9 N–H and O–H groups in total. The highest BCUT2D eigenvalue weighted by Crippen LogP contribution is 2.37. The van der Waals surface area contributed by atoms with E-state index in [0.29, 0.717) is 40.8 Å². The predicted molar refractivity (Wildman–Crippen MR) is 174 cm³/mol. The molecule has 1 aliphatic heterocycles. The lowest BCUT2D eigenvalue weighted by Crippen LogP contribution is -2.15. The lowest BCUT2D eigenvalue weighted by atomic mass is 9.97. The number of rotatable bonds is 9. The van der Waals surface area contributed by atoms with Crippen LogP contribution in [-0.2, 0) is 0 Å². The SMILES string of the molecule is Nc1nc(N)c2c(n1)NC(c1ccccc1)CC(c1ccc(Nc3nc(NCCO)nc(Nc4ccc(Cl)cc4)n3)cc1)=N2. The molecule has 14 heteroatoms. The smallest absolute Gasteiger partial charge is 0.233 e. The van der Waals surface area contributed by atoms with Crippen LogP contribution in [-0.4, -0.2) is 48.9 Å². The Morgan fingerprint density at radius 1 is 0.795 bits per heavy atom. The Bertz CT molecular complexity index is 1780. The zero-order valence-electron chi connectivity index (χ0n) is 23.4. The van der Waals surface area contributed by atoms with Gasteiger partial charge in [-0.05, 0) is 47.5 Å². The number of aromatic nitrogens is 5. The lowest BCUT2D eigenvalue weighted by molar-refractivity contribution is 0.311. The van der Waals surface area contributed by atoms with Crippen molar-refractivity contribution in [3.63, 3.8) is 0 Å². The van der Waals surface area contributed by atoms with E-state index >= 15 is 0 Å². The second kappa shape index (κ2) is 12.8. The fourth-order valence-corrected chi connectivity index (χ4v) is 4.76. The minimum absolute atomic E-state index is 0.0734. The fourth-order valence-electron chi connectivity index (χ4n) is 4.63. The number of nitrogens with two attached hydrogens (primary N) is 2. The summed E-state index contributed by atoms with van der Waals surface area (Å²) in [5.74, 6) is 1.69. The van der Waals surface area contributed by atoms with Gasteiger partial charge in [0, 0.05) is 29.4 Å². The number of hydrogen-bond donors (Lipinski definition) is 7. The van der Waals surface area contributed by atoms with E-state index in [0.717, 1.165) is 28.2 Å². The number of fused-ring (bicyclic) bond motifs is 1. The second-order valence-corrected chi connectivity index (χ2v) is 10.3. The highest BCUT2D eigenvalue weighted by atomic mass is 35.5. The maximum atomic E-state index is 9.27. The number of nitrogen functional groups attached to an aromatic ring is 2. The van der Waals surface area contributed by atoms with Gasteiger partial charge in [0.05, 0.1) is 18.4 Å². The molecule has 6 rings (SSSR count). The summed E-state index contributed by atoms with van der Waals surface area (Å²) < 4.78 is 0.